The summed E-state index contributed by atoms with van der Waals surface area (Å²) in [5, 5.41) is 12.0. The van der Waals surface area contributed by atoms with Crippen LogP contribution in [0.2, 0.25) is 5.02 Å². The lowest BCUT2D eigenvalue weighted by Gasteiger charge is -2.20. The van der Waals surface area contributed by atoms with Crippen molar-refractivity contribution in [3.63, 3.8) is 0 Å². The number of rotatable bonds is 5. The van der Waals surface area contributed by atoms with E-state index in [1.165, 1.54) is 0 Å². The second-order valence-corrected chi connectivity index (χ2v) is 6.72. The summed E-state index contributed by atoms with van der Waals surface area (Å²) in [7, 11) is 0. The molecular weight excluding hydrogens is 312 g/mol. The monoisotopic (exact) mass is 332 g/mol. The first-order valence-corrected chi connectivity index (χ1v) is 8.38. The molecule has 0 bridgehead atoms. The van der Waals surface area contributed by atoms with Crippen LogP contribution in [-0.2, 0) is 24.3 Å². The number of carbonyl (C=O) groups excluding carboxylic acids is 1. The van der Waals surface area contributed by atoms with Crippen molar-refractivity contribution in [2.75, 3.05) is 0 Å². The molecule has 0 fully saturated rings. The number of nitrogens with zero attached hydrogens (tertiary/aromatic N) is 3. The van der Waals surface area contributed by atoms with E-state index in [9.17, 15) is 4.79 Å². The molecule has 0 unspecified atom stereocenters. The summed E-state index contributed by atoms with van der Waals surface area (Å²) in [4.78, 5) is 12.7. The van der Waals surface area contributed by atoms with Crippen molar-refractivity contribution in [3.8, 4) is 0 Å². The third-order valence-corrected chi connectivity index (χ3v) is 4.54. The zero-order valence-corrected chi connectivity index (χ0v) is 14.2. The van der Waals surface area contributed by atoms with Gasteiger partial charge in [0.1, 0.15) is 5.82 Å². The van der Waals surface area contributed by atoms with Gasteiger partial charge in [-0.25, -0.2) is 0 Å². The third-order valence-electron chi connectivity index (χ3n) is 4.29. The van der Waals surface area contributed by atoms with Gasteiger partial charge in [0.15, 0.2) is 5.82 Å². The maximum absolute atomic E-state index is 12.7. The number of benzene rings is 1. The fourth-order valence-corrected chi connectivity index (χ4v) is 3.25. The van der Waals surface area contributed by atoms with E-state index in [1.807, 2.05) is 38.1 Å². The Hall–Kier alpha value is -1.88. The summed E-state index contributed by atoms with van der Waals surface area (Å²) in [6.45, 7) is 5.46. The Morgan fingerprint density at radius 3 is 2.74 bits per heavy atom. The number of hydrogen-bond acceptors (Lipinski definition) is 3. The van der Waals surface area contributed by atoms with Gasteiger partial charge in [0.2, 0.25) is 5.91 Å². The molecule has 122 valence electrons. The second kappa shape index (κ2) is 6.71. The molecule has 2 heterocycles. The highest BCUT2D eigenvalue weighted by Gasteiger charge is 2.25. The lowest BCUT2D eigenvalue weighted by atomic mass is 9.87. The molecule has 1 aliphatic heterocycles. The molecule has 1 atom stereocenters. The lowest BCUT2D eigenvalue weighted by Crippen LogP contribution is -2.32. The van der Waals surface area contributed by atoms with E-state index in [4.69, 9.17) is 11.6 Å². The van der Waals surface area contributed by atoms with Gasteiger partial charge in [-0.15, -0.1) is 10.2 Å². The van der Waals surface area contributed by atoms with Crippen LogP contribution in [0.4, 0.5) is 0 Å². The quantitative estimate of drug-likeness (QED) is 0.915. The number of aromatic nitrogens is 3. The number of nitrogens with one attached hydrogen (secondary N) is 1. The first-order valence-electron chi connectivity index (χ1n) is 8.00. The van der Waals surface area contributed by atoms with Crippen LogP contribution in [0.1, 0.15) is 43.4 Å². The van der Waals surface area contributed by atoms with Crippen LogP contribution in [0.15, 0.2) is 24.3 Å². The van der Waals surface area contributed by atoms with E-state index in [2.05, 4.69) is 20.1 Å². The Labute approximate surface area is 141 Å². The SMILES string of the molecule is CC(C)[C@@H](C(=O)NCc1nnc2n1CCC2)c1ccc(Cl)cc1. The van der Waals surface area contributed by atoms with Crippen molar-refractivity contribution in [2.24, 2.45) is 5.92 Å². The maximum atomic E-state index is 12.7. The van der Waals surface area contributed by atoms with Crippen LogP contribution in [0.25, 0.3) is 0 Å². The Morgan fingerprint density at radius 1 is 1.30 bits per heavy atom. The van der Waals surface area contributed by atoms with Crippen molar-refractivity contribution >= 4 is 17.5 Å². The molecule has 5 nitrogen and oxygen atoms in total. The highest BCUT2D eigenvalue weighted by Crippen LogP contribution is 2.26. The topological polar surface area (TPSA) is 59.8 Å². The predicted octanol–water partition coefficient (Wildman–Crippen LogP) is 2.93. The largest absolute Gasteiger partial charge is 0.348 e. The molecule has 0 saturated carbocycles. The number of fused-ring (bicyclic) bond motifs is 1. The molecule has 1 N–H and O–H groups in total. The molecule has 23 heavy (non-hydrogen) atoms. The van der Waals surface area contributed by atoms with E-state index in [-0.39, 0.29) is 17.7 Å². The molecular formula is C17H21ClN4O. The maximum Gasteiger partial charge on any atom is 0.228 e. The summed E-state index contributed by atoms with van der Waals surface area (Å²) in [5.74, 6) is 1.86. The van der Waals surface area contributed by atoms with Gasteiger partial charge in [-0.05, 0) is 30.0 Å². The summed E-state index contributed by atoms with van der Waals surface area (Å²) >= 11 is 5.94. The van der Waals surface area contributed by atoms with Crippen molar-refractivity contribution in [2.45, 2.75) is 45.7 Å². The Morgan fingerprint density at radius 2 is 2.04 bits per heavy atom. The van der Waals surface area contributed by atoms with Gasteiger partial charge in [0.25, 0.3) is 0 Å². The highest BCUT2D eigenvalue weighted by molar-refractivity contribution is 6.30. The first kappa shape index (κ1) is 16.0. The first-order chi connectivity index (χ1) is 11.1. The van der Waals surface area contributed by atoms with Crippen molar-refractivity contribution in [1.82, 2.24) is 20.1 Å². The summed E-state index contributed by atoms with van der Waals surface area (Å²) in [6.07, 6.45) is 2.07. The number of carbonyl (C=O) groups is 1. The normalized spacial score (nSPS) is 14.8. The van der Waals surface area contributed by atoms with Crippen LogP contribution in [0, 0.1) is 5.92 Å². The molecule has 2 aromatic rings. The number of amides is 1. The van der Waals surface area contributed by atoms with E-state index < -0.39 is 0 Å². The Balaban J connectivity index is 1.70. The van der Waals surface area contributed by atoms with E-state index >= 15 is 0 Å². The average molecular weight is 333 g/mol. The van der Waals surface area contributed by atoms with Crippen LogP contribution in [0.5, 0.6) is 0 Å². The van der Waals surface area contributed by atoms with Crippen molar-refractivity contribution in [1.29, 1.82) is 0 Å². The van der Waals surface area contributed by atoms with Crippen LogP contribution in [-0.4, -0.2) is 20.7 Å². The zero-order valence-electron chi connectivity index (χ0n) is 13.4. The van der Waals surface area contributed by atoms with Gasteiger partial charge in [0.05, 0.1) is 12.5 Å². The minimum atomic E-state index is -0.201. The molecule has 1 aliphatic rings. The van der Waals surface area contributed by atoms with E-state index in [0.29, 0.717) is 11.6 Å². The molecule has 6 heteroatoms. The van der Waals surface area contributed by atoms with Crippen LogP contribution < -0.4 is 5.32 Å². The minimum Gasteiger partial charge on any atom is -0.348 e. The molecule has 0 aliphatic carbocycles. The fourth-order valence-electron chi connectivity index (χ4n) is 3.13. The summed E-state index contributed by atoms with van der Waals surface area (Å²) in [6, 6.07) is 7.48. The predicted molar refractivity (Wildman–Crippen MR) is 89.2 cm³/mol. The molecule has 1 aromatic carbocycles. The molecule has 0 spiro atoms. The van der Waals surface area contributed by atoms with Gasteiger partial charge < -0.3 is 9.88 Å². The number of aryl methyl sites for hydroxylation is 1. The van der Waals surface area contributed by atoms with Crippen molar-refractivity contribution in [3.05, 3.63) is 46.5 Å². The van der Waals surface area contributed by atoms with Gasteiger partial charge in [-0.3, -0.25) is 4.79 Å². The number of halogens is 1. The van der Waals surface area contributed by atoms with Gasteiger partial charge in [-0.2, -0.15) is 0 Å². The molecule has 3 rings (SSSR count). The molecule has 1 aromatic heterocycles. The summed E-state index contributed by atoms with van der Waals surface area (Å²) in [5.41, 5.74) is 0.980. The fraction of sp³-hybridized carbons (Fsp3) is 0.471. The van der Waals surface area contributed by atoms with Gasteiger partial charge in [-0.1, -0.05) is 37.6 Å². The average Bonchev–Trinajstić information content (AvgIpc) is 3.10. The summed E-state index contributed by atoms with van der Waals surface area (Å²) < 4.78 is 2.10. The zero-order chi connectivity index (χ0) is 16.4. The third kappa shape index (κ3) is 3.39. The lowest BCUT2D eigenvalue weighted by molar-refractivity contribution is -0.123. The molecule has 0 saturated heterocycles. The standard InChI is InChI=1S/C17H21ClN4O/c1-11(2)16(12-5-7-13(18)8-6-12)17(23)19-10-15-21-20-14-4-3-9-22(14)15/h5-8,11,16H,3-4,9-10H2,1-2H3,(H,19,23)/t16-/m1/s1. The van der Waals surface area contributed by atoms with E-state index in [1.54, 1.807) is 0 Å². The van der Waals surface area contributed by atoms with E-state index in [0.717, 1.165) is 36.6 Å². The molecule has 0 radical (unpaired) electrons. The second-order valence-electron chi connectivity index (χ2n) is 6.28. The minimum absolute atomic E-state index is 0.0117. The van der Waals surface area contributed by atoms with Gasteiger partial charge >= 0.3 is 0 Å². The van der Waals surface area contributed by atoms with Gasteiger partial charge in [0, 0.05) is 18.0 Å². The van der Waals surface area contributed by atoms with Crippen LogP contribution >= 0.6 is 11.6 Å². The highest BCUT2D eigenvalue weighted by atomic mass is 35.5. The van der Waals surface area contributed by atoms with Crippen molar-refractivity contribution < 1.29 is 4.79 Å². The van der Waals surface area contributed by atoms with Crippen LogP contribution in [0.3, 0.4) is 0 Å². The Kier molecular flexibility index (Phi) is 4.66. The smallest absolute Gasteiger partial charge is 0.228 e. The number of hydrogen-bond donors (Lipinski definition) is 1. The Bertz CT molecular complexity index is 693. The molecule has 1 amide bonds.